The normalized spacial score (nSPS) is 38.9. The molecule has 3 N–H and O–H groups in total. The molecule has 1 atom stereocenters. The predicted molar refractivity (Wildman–Crippen MR) is 83.3 cm³/mol. The fraction of sp³-hybridized carbons (Fsp3) is 0.824. The molecule has 5 rings (SSSR count). The third-order valence-electron chi connectivity index (χ3n) is 6.44. The second-order valence-electron chi connectivity index (χ2n) is 7.69. The number of nitrogens with one attached hydrogen (secondary N) is 1. The molecule has 0 saturated heterocycles. The van der Waals surface area contributed by atoms with E-state index in [1.165, 1.54) is 37.7 Å². The average molecular weight is 288 g/mol. The van der Waals surface area contributed by atoms with Gasteiger partial charge in [-0.15, -0.1) is 0 Å². The highest BCUT2D eigenvalue weighted by Gasteiger charge is 2.50. The van der Waals surface area contributed by atoms with Gasteiger partial charge in [-0.3, -0.25) is 16.0 Å². The van der Waals surface area contributed by atoms with Crippen LogP contribution in [0.25, 0.3) is 0 Å². The summed E-state index contributed by atoms with van der Waals surface area (Å²) in [5.74, 6) is 10.7. The van der Waals surface area contributed by atoms with Crippen molar-refractivity contribution in [2.45, 2.75) is 58.0 Å². The molecule has 21 heavy (non-hydrogen) atoms. The van der Waals surface area contributed by atoms with Crippen molar-refractivity contribution in [3.8, 4) is 0 Å². The monoisotopic (exact) mass is 288 g/mol. The lowest BCUT2D eigenvalue weighted by Gasteiger charge is -2.56. The van der Waals surface area contributed by atoms with Gasteiger partial charge in [-0.25, -0.2) is 0 Å². The number of aryl methyl sites for hydroxylation is 1. The van der Waals surface area contributed by atoms with E-state index in [-0.39, 0.29) is 0 Å². The van der Waals surface area contributed by atoms with Crippen molar-refractivity contribution in [2.24, 2.45) is 35.4 Å². The molecular formula is C17H28N4. The minimum Gasteiger partial charge on any atom is -0.273 e. The average Bonchev–Trinajstić information content (AvgIpc) is 2.92. The number of aromatic nitrogens is 2. The van der Waals surface area contributed by atoms with E-state index in [1.807, 2.05) is 10.9 Å². The molecule has 4 heteroatoms. The first kappa shape index (κ1) is 13.8. The smallest absolute Gasteiger partial charge is 0.0522 e. The van der Waals surface area contributed by atoms with Gasteiger partial charge in [0.2, 0.25) is 0 Å². The third-order valence-corrected chi connectivity index (χ3v) is 6.44. The number of rotatable bonds is 5. The van der Waals surface area contributed by atoms with Crippen molar-refractivity contribution in [3.05, 3.63) is 18.0 Å². The summed E-state index contributed by atoms with van der Waals surface area (Å²) in [4.78, 5) is 0. The van der Waals surface area contributed by atoms with Crippen LogP contribution in [0.5, 0.6) is 0 Å². The van der Waals surface area contributed by atoms with Crippen LogP contribution in [-0.2, 0) is 13.0 Å². The zero-order valence-corrected chi connectivity index (χ0v) is 13.0. The summed E-state index contributed by atoms with van der Waals surface area (Å²) in [6.07, 6.45) is 12.6. The Labute approximate surface area is 127 Å². The maximum Gasteiger partial charge on any atom is 0.0522 e. The van der Waals surface area contributed by atoms with Crippen molar-refractivity contribution in [3.63, 3.8) is 0 Å². The van der Waals surface area contributed by atoms with Crippen LogP contribution in [0.1, 0.15) is 44.6 Å². The second kappa shape index (κ2) is 5.40. The van der Waals surface area contributed by atoms with Crippen LogP contribution in [0.3, 0.4) is 0 Å². The predicted octanol–water partition coefficient (Wildman–Crippen LogP) is 2.35. The van der Waals surface area contributed by atoms with Crippen LogP contribution in [0.15, 0.2) is 12.4 Å². The largest absolute Gasteiger partial charge is 0.273 e. The van der Waals surface area contributed by atoms with Crippen LogP contribution in [-0.4, -0.2) is 15.8 Å². The minimum absolute atomic E-state index is 0.425. The second-order valence-corrected chi connectivity index (χ2v) is 7.69. The number of hydrazine groups is 1. The minimum atomic E-state index is 0.425. The summed E-state index contributed by atoms with van der Waals surface area (Å²) in [5, 5.41) is 4.41. The number of hydrogen-bond acceptors (Lipinski definition) is 3. The molecule has 4 fully saturated rings. The summed E-state index contributed by atoms with van der Waals surface area (Å²) in [5.41, 5.74) is 4.50. The maximum atomic E-state index is 5.96. The molecule has 4 bridgehead atoms. The fourth-order valence-corrected chi connectivity index (χ4v) is 5.87. The molecule has 0 spiro atoms. The van der Waals surface area contributed by atoms with E-state index in [4.69, 9.17) is 5.84 Å². The number of nitrogens with zero attached hydrogens (tertiary/aromatic N) is 2. The summed E-state index contributed by atoms with van der Waals surface area (Å²) >= 11 is 0. The van der Waals surface area contributed by atoms with E-state index in [0.29, 0.717) is 6.04 Å². The van der Waals surface area contributed by atoms with Gasteiger partial charge in [-0.1, -0.05) is 0 Å². The van der Waals surface area contributed by atoms with Gasteiger partial charge in [0.1, 0.15) is 0 Å². The molecular weight excluding hydrogens is 260 g/mol. The summed E-state index contributed by atoms with van der Waals surface area (Å²) in [6.45, 7) is 3.08. The van der Waals surface area contributed by atoms with Crippen molar-refractivity contribution >= 4 is 0 Å². The molecule has 1 aromatic rings. The summed E-state index contributed by atoms with van der Waals surface area (Å²) in [6, 6.07) is 0.425. The highest BCUT2D eigenvalue weighted by Crippen LogP contribution is 2.57. The molecule has 4 nitrogen and oxygen atoms in total. The Bertz CT molecular complexity index is 467. The van der Waals surface area contributed by atoms with Crippen molar-refractivity contribution in [1.82, 2.24) is 15.2 Å². The molecule has 116 valence electrons. The Morgan fingerprint density at radius 1 is 1.24 bits per heavy atom. The molecule has 4 aliphatic rings. The van der Waals surface area contributed by atoms with Gasteiger partial charge in [0.15, 0.2) is 0 Å². The van der Waals surface area contributed by atoms with E-state index in [2.05, 4.69) is 23.6 Å². The Hall–Kier alpha value is -0.870. The maximum absolute atomic E-state index is 5.96. The highest BCUT2D eigenvalue weighted by molar-refractivity contribution is 5.09. The molecule has 1 aromatic heterocycles. The van der Waals surface area contributed by atoms with Crippen LogP contribution in [0.2, 0.25) is 0 Å². The summed E-state index contributed by atoms with van der Waals surface area (Å²) in [7, 11) is 0. The molecule has 0 aliphatic heterocycles. The first-order chi connectivity index (χ1) is 10.3. The van der Waals surface area contributed by atoms with Gasteiger partial charge in [-0.2, -0.15) is 5.10 Å². The molecule has 0 aromatic carbocycles. The zero-order valence-electron chi connectivity index (χ0n) is 13.0. The number of nitrogens with two attached hydrogens (primary N) is 1. The van der Waals surface area contributed by atoms with Gasteiger partial charge in [0, 0.05) is 18.8 Å². The first-order valence-corrected chi connectivity index (χ1v) is 8.74. The van der Waals surface area contributed by atoms with E-state index >= 15 is 0 Å². The van der Waals surface area contributed by atoms with Gasteiger partial charge < -0.3 is 0 Å². The lowest BCUT2D eigenvalue weighted by molar-refractivity contribution is -0.0517. The molecule has 4 saturated carbocycles. The lowest BCUT2D eigenvalue weighted by atomic mass is 9.50. The van der Waals surface area contributed by atoms with E-state index in [1.54, 1.807) is 0 Å². The molecule has 1 unspecified atom stereocenters. The van der Waals surface area contributed by atoms with Crippen LogP contribution in [0.4, 0.5) is 0 Å². The van der Waals surface area contributed by atoms with Gasteiger partial charge in [-0.05, 0) is 80.6 Å². The Balaban J connectivity index is 1.50. The molecule has 0 amide bonds. The van der Waals surface area contributed by atoms with Crippen molar-refractivity contribution < 1.29 is 0 Å². The zero-order chi connectivity index (χ0) is 14.4. The van der Waals surface area contributed by atoms with Crippen molar-refractivity contribution in [1.29, 1.82) is 0 Å². The SMILES string of the molecule is CCn1cc(CC(NN)C2C3CC4CC(C3)CC2C4)cn1. The number of hydrogen-bond donors (Lipinski definition) is 2. The van der Waals surface area contributed by atoms with Gasteiger partial charge in [0.05, 0.1) is 6.20 Å². The third kappa shape index (κ3) is 2.42. The Morgan fingerprint density at radius 3 is 2.43 bits per heavy atom. The summed E-state index contributed by atoms with van der Waals surface area (Å²) < 4.78 is 2.01. The van der Waals surface area contributed by atoms with Crippen LogP contribution < -0.4 is 11.3 Å². The van der Waals surface area contributed by atoms with Gasteiger partial charge in [0.25, 0.3) is 0 Å². The van der Waals surface area contributed by atoms with E-state index in [9.17, 15) is 0 Å². The fourth-order valence-electron chi connectivity index (χ4n) is 5.87. The Morgan fingerprint density at radius 2 is 1.90 bits per heavy atom. The van der Waals surface area contributed by atoms with Gasteiger partial charge >= 0.3 is 0 Å². The first-order valence-electron chi connectivity index (χ1n) is 8.74. The molecule has 0 radical (unpaired) electrons. The standard InChI is InChI=1S/C17H28N4/c1-2-21-10-13(9-19-21)8-16(20-18)17-14-4-11-3-12(6-14)7-15(17)5-11/h9-12,14-17,20H,2-8,18H2,1H3. The van der Waals surface area contributed by atoms with E-state index < -0.39 is 0 Å². The Kier molecular flexibility index (Phi) is 3.54. The molecule has 4 aliphatic carbocycles. The molecule has 1 heterocycles. The van der Waals surface area contributed by atoms with Crippen molar-refractivity contribution in [2.75, 3.05) is 0 Å². The topological polar surface area (TPSA) is 55.9 Å². The van der Waals surface area contributed by atoms with Crippen LogP contribution >= 0.6 is 0 Å². The van der Waals surface area contributed by atoms with Crippen LogP contribution in [0, 0.1) is 29.6 Å². The van der Waals surface area contributed by atoms with E-state index in [0.717, 1.165) is 42.6 Å². The highest BCUT2D eigenvalue weighted by atomic mass is 15.3. The lowest BCUT2D eigenvalue weighted by Crippen LogP contribution is -2.55. The quantitative estimate of drug-likeness (QED) is 0.646.